The van der Waals surface area contributed by atoms with Crippen LogP contribution in [0.25, 0.3) is 16.7 Å². The van der Waals surface area contributed by atoms with E-state index in [4.69, 9.17) is 0 Å². The van der Waals surface area contributed by atoms with Crippen LogP contribution in [0.15, 0.2) is 102 Å². The molecule has 3 aromatic carbocycles. The molecule has 2 aliphatic rings. The van der Waals surface area contributed by atoms with Crippen molar-refractivity contribution in [3.05, 3.63) is 124 Å². The van der Waals surface area contributed by atoms with E-state index >= 15 is 0 Å². The van der Waals surface area contributed by atoms with Gasteiger partial charge in [-0.2, -0.15) is 0 Å². The number of fused-ring (bicyclic) bond motifs is 7. The van der Waals surface area contributed by atoms with Gasteiger partial charge in [0.05, 0.1) is 5.41 Å². The van der Waals surface area contributed by atoms with Gasteiger partial charge >= 0.3 is 0 Å². The SMILES string of the molecule is C=C/C=C\C1=C(Br)C2(c3ccccc31)c1ccccc1-c1ccccc12. The Balaban J connectivity index is 1.97. The fourth-order valence-corrected chi connectivity index (χ4v) is 5.56. The van der Waals surface area contributed by atoms with Crippen LogP contribution in [0.4, 0.5) is 0 Å². The Bertz CT molecular complexity index is 1070. The van der Waals surface area contributed by atoms with Crippen molar-refractivity contribution >= 4 is 21.5 Å². The second kappa shape index (κ2) is 5.69. The van der Waals surface area contributed by atoms with Crippen LogP contribution in [0.5, 0.6) is 0 Å². The minimum atomic E-state index is -0.273. The maximum absolute atomic E-state index is 4.03. The van der Waals surface area contributed by atoms with E-state index in [1.54, 1.807) is 0 Å². The molecule has 0 atom stereocenters. The molecule has 2 aliphatic carbocycles. The summed E-state index contributed by atoms with van der Waals surface area (Å²) in [5.74, 6) is 0. The Morgan fingerprint density at radius 2 is 1.15 bits per heavy atom. The van der Waals surface area contributed by atoms with E-state index in [1.807, 2.05) is 12.2 Å². The largest absolute Gasteiger partial charge is 0.0991 e. The van der Waals surface area contributed by atoms with Crippen molar-refractivity contribution in [3.8, 4) is 11.1 Å². The van der Waals surface area contributed by atoms with E-state index in [0.29, 0.717) is 0 Å². The highest BCUT2D eigenvalue weighted by atomic mass is 79.9. The van der Waals surface area contributed by atoms with Gasteiger partial charge in [0.2, 0.25) is 0 Å². The summed E-state index contributed by atoms with van der Waals surface area (Å²) >= 11 is 4.03. The fraction of sp³-hybridized carbons (Fsp3) is 0.0400. The second-order valence-electron chi connectivity index (χ2n) is 6.71. The molecule has 0 unspecified atom stereocenters. The van der Waals surface area contributed by atoms with Gasteiger partial charge in [0.15, 0.2) is 0 Å². The molecule has 0 radical (unpaired) electrons. The summed E-state index contributed by atoms with van der Waals surface area (Å²) in [5.41, 5.74) is 8.92. The number of rotatable bonds is 2. The summed E-state index contributed by atoms with van der Waals surface area (Å²) in [6.45, 7) is 3.84. The van der Waals surface area contributed by atoms with Gasteiger partial charge in [-0.1, -0.05) is 114 Å². The van der Waals surface area contributed by atoms with Gasteiger partial charge in [0.1, 0.15) is 0 Å². The molecule has 124 valence electrons. The van der Waals surface area contributed by atoms with E-state index in [0.717, 1.165) is 0 Å². The molecule has 0 amide bonds. The molecule has 0 heterocycles. The third-order valence-corrected chi connectivity index (χ3v) is 6.56. The van der Waals surface area contributed by atoms with E-state index in [9.17, 15) is 0 Å². The number of hydrogen-bond donors (Lipinski definition) is 0. The Morgan fingerprint density at radius 3 is 1.69 bits per heavy atom. The Hall–Kier alpha value is -2.64. The second-order valence-corrected chi connectivity index (χ2v) is 7.50. The lowest BCUT2D eigenvalue weighted by Gasteiger charge is -2.30. The molecule has 0 aliphatic heterocycles. The average Bonchev–Trinajstić information content (AvgIpc) is 3.13. The lowest BCUT2D eigenvalue weighted by atomic mass is 9.74. The number of halogens is 1. The number of allylic oxidation sites excluding steroid dienone is 5. The lowest BCUT2D eigenvalue weighted by molar-refractivity contribution is 0.811. The molecule has 1 heteroatoms. The Morgan fingerprint density at radius 1 is 0.692 bits per heavy atom. The molecule has 0 bridgehead atoms. The summed E-state index contributed by atoms with van der Waals surface area (Å²) in [4.78, 5) is 0. The van der Waals surface area contributed by atoms with E-state index in [-0.39, 0.29) is 5.41 Å². The van der Waals surface area contributed by atoms with Crippen LogP contribution in [-0.2, 0) is 5.41 Å². The summed E-state index contributed by atoms with van der Waals surface area (Å²) in [7, 11) is 0. The molecule has 3 aromatic rings. The third-order valence-electron chi connectivity index (χ3n) is 5.54. The van der Waals surface area contributed by atoms with Gasteiger partial charge in [-0.15, -0.1) is 0 Å². The maximum atomic E-state index is 4.03. The van der Waals surface area contributed by atoms with Gasteiger partial charge in [-0.25, -0.2) is 0 Å². The van der Waals surface area contributed by atoms with Crippen molar-refractivity contribution in [2.75, 3.05) is 0 Å². The Labute approximate surface area is 162 Å². The lowest BCUT2D eigenvalue weighted by Crippen LogP contribution is -2.25. The monoisotopic (exact) mass is 396 g/mol. The van der Waals surface area contributed by atoms with Crippen LogP contribution in [-0.4, -0.2) is 0 Å². The van der Waals surface area contributed by atoms with E-state index in [2.05, 4.69) is 101 Å². The predicted molar refractivity (Wildman–Crippen MR) is 113 cm³/mol. The fourth-order valence-electron chi connectivity index (χ4n) is 4.57. The molecule has 0 saturated heterocycles. The highest BCUT2D eigenvalue weighted by molar-refractivity contribution is 9.12. The van der Waals surface area contributed by atoms with Crippen LogP contribution < -0.4 is 0 Å². The predicted octanol–water partition coefficient (Wildman–Crippen LogP) is 6.86. The molecule has 0 N–H and O–H groups in total. The summed E-state index contributed by atoms with van der Waals surface area (Å²) in [6.07, 6.45) is 6.00. The molecule has 5 rings (SSSR count). The first-order chi connectivity index (χ1) is 12.8. The summed E-state index contributed by atoms with van der Waals surface area (Å²) < 4.78 is 1.21. The van der Waals surface area contributed by atoms with E-state index in [1.165, 1.54) is 43.4 Å². The molecule has 0 aromatic heterocycles. The third kappa shape index (κ3) is 1.79. The minimum absolute atomic E-state index is 0.273. The quantitative estimate of drug-likeness (QED) is 0.414. The van der Waals surface area contributed by atoms with Crippen LogP contribution in [0.3, 0.4) is 0 Å². The summed E-state index contributed by atoms with van der Waals surface area (Å²) in [6, 6.07) is 26.3. The van der Waals surface area contributed by atoms with Crippen molar-refractivity contribution in [3.63, 3.8) is 0 Å². The molecule has 0 fully saturated rings. The van der Waals surface area contributed by atoms with Crippen molar-refractivity contribution < 1.29 is 0 Å². The molecule has 26 heavy (non-hydrogen) atoms. The zero-order valence-corrected chi connectivity index (χ0v) is 15.8. The zero-order chi connectivity index (χ0) is 17.7. The molecule has 1 spiro atoms. The zero-order valence-electron chi connectivity index (χ0n) is 14.2. The number of benzene rings is 3. The van der Waals surface area contributed by atoms with Crippen molar-refractivity contribution in [1.29, 1.82) is 0 Å². The van der Waals surface area contributed by atoms with Gasteiger partial charge < -0.3 is 0 Å². The molecule has 0 saturated carbocycles. The van der Waals surface area contributed by atoms with Gasteiger partial charge in [0.25, 0.3) is 0 Å². The van der Waals surface area contributed by atoms with Gasteiger partial charge in [-0.05, 0) is 39.0 Å². The minimum Gasteiger partial charge on any atom is -0.0991 e. The standard InChI is InChI=1S/C25H17Br/c1-2-3-10-20-19-13-6-9-16-23(19)25(24(20)26)21-14-7-4-11-17(21)18-12-5-8-15-22(18)25/h2-16H,1H2/b10-3-. The smallest absolute Gasteiger partial charge is 0.0791 e. The first-order valence-corrected chi connectivity index (χ1v) is 9.58. The average molecular weight is 397 g/mol. The van der Waals surface area contributed by atoms with Crippen LogP contribution >= 0.6 is 15.9 Å². The van der Waals surface area contributed by atoms with Crippen LogP contribution in [0, 0.1) is 0 Å². The van der Waals surface area contributed by atoms with Crippen LogP contribution in [0.2, 0.25) is 0 Å². The topological polar surface area (TPSA) is 0 Å². The van der Waals surface area contributed by atoms with Gasteiger partial charge in [0, 0.05) is 4.48 Å². The first kappa shape index (κ1) is 15.6. The molecular formula is C25H17Br. The van der Waals surface area contributed by atoms with Crippen molar-refractivity contribution in [1.82, 2.24) is 0 Å². The van der Waals surface area contributed by atoms with Crippen molar-refractivity contribution in [2.45, 2.75) is 5.41 Å². The Kier molecular flexibility index (Phi) is 3.41. The van der Waals surface area contributed by atoms with Crippen molar-refractivity contribution in [2.24, 2.45) is 0 Å². The first-order valence-electron chi connectivity index (χ1n) is 8.78. The van der Waals surface area contributed by atoms with Gasteiger partial charge in [-0.3, -0.25) is 0 Å². The normalized spacial score (nSPS) is 16.0. The maximum Gasteiger partial charge on any atom is 0.0791 e. The molecule has 0 nitrogen and oxygen atoms in total. The summed E-state index contributed by atoms with van der Waals surface area (Å²) in [5, 5.41) is 0. The highest BCUT2D eigenvalue weighted by Gasteiger charge is 2.51. The number of hydrogen-bond acceptors (Lipinski definition) is 0. The van der Waals surface area contributed by atoms with E-state index < -0.39 is 0 Å². The molecular weight excluding hydrogens is 380 g/mol. The van der Waals surface area contributed by atoms with Crippen LogP contribution in [0.1, 0.15) is 22.3 Å². The highest BCUT2D eigenvalue weighted by Crippen LogP contribution is 2.63.